The Morgan fingerprint density at radius 3 is 2.47 bits per heavy atom. The summed E-state index contributed by atoms with van der Waals surface area (Å²) in [7, 11) is 0. The van der Waals surface area contributed by atoms with E-state index in [0.29, 0.717) is 17.3 Å². The molecule has 2 rings (SSSR count). The first-order valence-corrected chi connectivity index (χ1v) is 12.3. The fraction of sp³-hybridized carbons (Fsp3) is 0.391. The third-order valence-corrected chi connectivity index (χ3v) is 6.57. The molecule has 0 saturated carbocycles. The van der Waals surface area contributed by atoms with Crippen LogP contribution in [0.2, 0.25) is 5.02 Å². The van der Waals surface area contributed by atoms with Crippen LogP contribution in [0, 0.1) is 0 Å². The maximum Gasteiger partial charge on any atom is 0.242 e. The Morgan fingerprint density at radius 2 is 1.83 bits per heavy atom. The minimum absolute atomic E-state index is 0.0647. The maximum atomic E-state index is 13.1. The van der Waals surface area contributed by atoms with Gasteiger partial charge in [-0.25, -0.2) is 0 Å². The molecule has 0 aliphatic heterocycles. The van der Waals surface area contributed by atoms with Crippen molar-refractivity contribution >= 4 is 51.1 Å². The molecule has 0 spiro atoms. The van der Waals surface area contributed by atoms with Crippen molar-refractivity contribution in [3.63, 3.8) is 0 Å². The number of hydrogen-bond donors (Lipinski definition) is 1. The molecule has 0 heterocycles. The Morgan fingerprint density at radius 1 is 1.13 bits per heavy atom. The molecule has 0 saturated heterocycles. The molecule has 2 aromatic carbocycles. The van der Waals surface area contributed by atoms with Crippen LogP contribution in [0.5, 0.6) is 0 Å². The third-order valence-electron chi connectivity index (χ3n) is 4.82. The Labute approximate surface area is 196 Å². The van der Waals surface area contributed by atoms with Crippen molar-refractivity contribution in [1.82, 2.24) is 10.2 Å². The predicted octanol–water partition coefficient (Wildman–Crippen LogP) is 5.67. The number of thioether (sulfide) groups is 1. The number of amides is 2. The van der Waals surface area contributed by atoms with Crippen LogP contribution in [0.3, 0.4) is 0 Å². The van der Waals surface area contributed by atoms with E-state index in [4.69, 9.17) is 11.6 Å². The van der Waals surface area contributed by atoms with Crippen LogP contribution in [-0.4, -0.2) is 34.6 Å². The zero-order valence-electron chi connectivity index (χ0n) is 17.5. The zero-order chi connectivity index (χ0) is 22.1. The first kappa shape index (κ1) is 24.8. The highest BCUT2D eigenvalue weighted by atomic mass is 79.9. The molecule has 7 heteroatoms. The van der Waals surface area contributed by atoms with Crippen LogP contribution in [0.4, 0.5) is 0 Å². The molecule has 0 aliphatic rings. The van der Waals surface area contributed by atoms with Gasteiger partial charge in [-0.15, -0.1) is 11.8 Å². The predicted molar refractivity (Wildman–Crippen MR) is 130 cm³/mol. The second kappa shape index (κ2) is 12.4. The van der Waals surface area contributed by atoms with Crippen molar-refractivity contribution in [2.24, 2.45) is 0 Å². The lowest BCUT2D eigenvalue weighted by atomic mass is 10.1. The lowest BCUT2D eigenvalue weighted by molar-refractivity contribution is -0.138. The number of rotatable bonds is 10. The van der Waals surface area contributed by atoms with Crippen LogP contribution < -0.4 is 5.32 Å². The number of nitrogens with one attached hydrogen (secondary N) is 1. The summed E-state index contributed by atoms with van der Waals surface area (Å²) in [5, 5.41) is 3.59. The van der Waals surface area contributed by atoms with Crippen LogP contribution in [-0.2, 0) is 21.9 Å². The minimum Gasteiger partial charge on any atom is -0.352 e. The summed E-state index contributed by atoms with van der Waals surface area (Å²) in [4.78, 5) is 27.4. The number of carbonyl (C=O) groups is 2. The first-order valence-electron chi connectivity index (χ1n) is 9.96. The van der Waals surface area contributed by atoms with Gasteiger partial charge >= 0.3 is 0 Å². The van der Waals surface area contributed by atoms with E-state index in [2.05, 4.69) is 21.2 Å². The van der Waals surface area contributed by atoms with Gasteiger partial charge in [0.25, 0.3) is 0 Å². The first-order chi connectivity index (χ1) is 14.3. The monoisotopic (exact) mass is 510 g/mol. The minimum atomic E-state index is -0.571. The second-order valence-electron chi connectivity index (χ2n) is 7.26. The largest absolute Gasteiger partial charge is 0.352 e. The zero-order valence-corrected chi connectivity index (χ0v) is 20.7. The second-order valence-corrected chi connectivity index (χ2v) is 9.60. The molecule has 2 amide bonds. The van der Waals surface area contributed by atoms with Crippen LogP contribution in [0.15, 0.2) is 53.0 Å². The van der Waals surface area contributed by atoms with Gasteiger partial charge in [0.2, 0.25) is 11.8 Å². The highest BCUT2D eigenvalue weighted by Gasteiger charge is 2.26. The Balaban J connectivity index is 2.07. The van der Waals surface area contributed by atoms with Gasteiger partial charge in [0, 0.05) is 27.8 Å². The topological polar surface area (TPSA) is 49.4 Å². The Kier molecular flexibility index (Phi) is 10.2. The summed E-state index contributed by atoms with van der Waals surface area (Å²) >= 11 is 11.1. The molecule has 0 bridgehead atoms. The summed E-state index contributed by atoms with van der Waals surface area (Å²) < 4.78 is 1.03. The van der Waals surface area contributed by atoms with Crippen molar-refractivity contribution in [1.29, 1.82) is 0 Å². The van der Waals surface area contributed by atoms with Crippen molar-refractivity contribution < 1.29 is 9.59 Å². The number of benzene rings is 2. The smallest absolute Gasteiger partial charge is 0.242 e. The van der Waals surface area contributed by atoms with Gasteiger partial charge in [-0.1, -0.05) is 58.7 Å². The van der Waals surface area contributed by atoms with E-state index in [1.807, 2.05) is 56.3 Å². The van der Waals surface area contributed by atoms with E-state index < -0.39 is 6.04 Å². The number of carbonyl (C=O) groups excluding carboxylic acids is 2. The molecule has 162 valence electrons. The lowest BCUT2D eigenvalue weighted by Gasteiger charge is -2.29. The summed E-state index contributed by atoms with van der Waals surface area (Å²) in [5.74, 6) is 0.830. The number of nitrogens with zero attached hydrogens (tertiary/aromatic N) is 1. The molecule has 0 radical (unpaired) electrons. The summed E-state index contributed by atoms with van der Waals surface area (Å²) in [6.45, 7) is 6.10. The standard InChI is InChI=1S/C23H28BrClN2O2S/c1-4-16(2)26-23(29)17(3)27(13-19-6-5-7-21(25)12-19)22(28)15-30-14-18-8-10-20(24)11-9-18/h5-12,16-17H,4,13-15H2,1-3H3,(H,26,29)/t16-,17+/m1/s1. The van der Waals surface area contributed by atoms with Crippen molar-refractivity contribution in [2.75, 3.05) is 5.75 Å². The highest BCUT2D eigenvalue weighted by Crippen LogP contribution is 2.19. The van der Waals surface area contributed by atoms with Gasteiger partial charge in [0.1, 0.15) is 6.04 Å². The van der Waals surface area contributed by atoms with E-state index in [9.17, 15) is 9.59 Å². The van der Waals surface area contributed by atoms with Crippen LogP contribution >= 0.6 is 39.3 Å². The normalized spacial score (nSPS) is 12.8. The fourth-order valence-corrected chi connectivity index (χ4v) is 4.15. The van der Waals surface area contributed by atoms with Crippen molar-refractivity contribution in [2.45, 2.75) is 51.6 Å². The maximum absolute atomic E-state index is 13.1. The van der Waals surface area contributed by atoms with E-state index in [1.165, 1.54) is 0 Å². The van der Waals surface area contributed by atoms with Gasteiger partial charge in [0.05, 0.1) is 5.75 Å². The fourth-order valence-electron chi connectivity index (χ4n) is 2.80. The Bertz CT molecular complexity index is 847. The van der Waals surface area contributed by atoms with Crippen molar-refractivity contribution in [3.05, 3.63) is 69.2 Å². The molecule has 1 N–H and O–H groups in total. The summed E-state index contributed by atoms with van der Waals surface area (Å²) in [5.41, 5.74) is 2.05. The summed E-state index contributed by atoms with van der Waals surface area (Å²) in [6, 6.07) is 14.9. The van der Waals surface area contributed by atoms with Crippen molar-refractivity contribution in [3.8, 4) is 0 Å². The SMILES string of the molecule is CC[C@@H](C)NC(=O)[C@H](C)N(Cc1cccc(Cl)c1)C(=O)CSCc1ccc(Br)cc1. The average Bonchev–Trinajstić information content (AvgIpc) is 2.72. The number of halogens is 2. The third kappa shape index (κ3) is 7.97. The molecule has 0 unspecified atom stereocenters. The lowest BCUT2D eigenvalue weighted by Crippen LogP contribution is -2.50. The van der Waals surface area contributed by atoms with Gasteiger partial charge in [-0.3, -0.25) is 9.59 Å². The molecule has 0 aromatic heterocycles. The Hall–Kier alpha value is -1.50. The molecular weight excluding hydrogens is 484 g/mol. The van der Waals surface area contributed by atoms with E-state index in [-0.39, 0.29) is 17.9 Å². The molecule has 2 atom stereocenters. The molecule has 0 aliphatic carbocycles. The van der Waals surface area contributed by atoms with Gasteiger partial charge in [0.15, 0.2) is 0 Å². The van der Waals surface area contributed by atoms with E-state index in [0.717, 1.165) is 27.8 Å². The number of hydrogen-bond acceptors (Lipinski definition) is 3. The van der Waals surface area contributed by atoms with Gasteiger partial charge in [-0.05, 0) is 55.7 Å². The van der Waals surface area contributed by atoms with Crippen LogP contribution in [0.1, 0.15) is 38.3 Å². The molecule has 0 fully saturated rings. The molecule has 30 heavy (non-hydrogen) atoms. The van der Waals surface area contributed by atoms with E-state index >= 15 is 0 Å². The average molecular weight is 512 g/mol. The molecule has 4 nitrogen and oxygen atoms in total. The van der Waals surface area contributed by atoms with Gasteiger partial charge < -0.3 is 10.2 Å². The van der Waals surface area contributed by atoms with Gasteiger partial charge in [-0.2, -0.15) is 0 Å². The molecular formula is C23H28BrClN2O2S. The van der Waals surface area contributed by atoms with E-state index in [1.54, 1.807) is 29.7 Å². The summed E-state index contributed by atoms with van der Waals surface area (Å²) in [6.07, 6.45) is 0.837. The highest BCUT2D eigenvalue weighted by molar-refractivity contribution is 9.10. The molecule has 2 aromatic rings. The quantitative estimate of drug-likeness (QED) is 0.447. The van der Waals surface area contributed by atoms with Crippen LogP contribution in [0.25, 0.3) is 0 Å².